The fourth-order valence-corrected chi connectivity index (χ4v) is 3.71. The Morgan fingerprint density at radius 1 is 1.60 bits per heavy atom. The van der Waals surface area contributed by atoms with Gasteiger partial charge in [0.05, 0.1) is 16.6 Å². The van der Waals surface area contributed by atoms with Crippen molar-refractivity contribution in [2.75, 3.05) is 11.5 Å². The number of amides is 1. The molecule has 1 saturated heterocycles. The zero-order valence-corrected chi connectivity index (χ0v) is 13.2. The molecule has 0 spiro atoms. The first kappa shape index (κ1) is 15.1. The van der Waals surface area contributed by atoms with Gasteiger partial charge in [0.25, 0.3) is 11.6 Å². The van der Waals surface area contributed by atoms with Gasteiger partial charge in [-0.25, -0.2) is 0 Å². The molecule has 1 aromatic rings. The first-order valence-electron chi connectivity index (χ1n) is 5.73. The third kappa shape index (κ3) is 3.04. The van der Waals surface area contributed by atoms with Crippen LogP contribution in [0, 0.1) is 25.0 Å². The van der Waals surface area contributed by atoms with Crippen molar-refractivity contribution in [3.63, 3.8) is 0 Å². The number of nitro groups is 1. The molecule has 1 aliphatic rings. The molecule has 1 aromatic carbocycles. The van der Waals surface area contributed by atoms with E-state index in [4.69, 9.17) is 0 Å². The van der Waals surface area contributed by atoms with E-state index in [1.165, 1.54) is 18.2 Å². The van der Waals surface area contributed by atoms with Crippen LogP contribution in [0.15, 0.2) is 18.2 Å². The fourth-order valence-electron chi connectivity index (χ4n) is 1.87. The molecular formula is C12H10IN3O3S. The topological polar surface area (TPSA) is 96.0 Å². The van der Waals surface area contributed by atoms with Gasteiger partial charge in [-0.2, -0.15) is 17.0 Å². The standard InChI is InChI=1S/C12H10IN3O3S/c13-10-2-1-8(16(18)19)5-9(10)11(17)15-12(6-14)3-4-20-7-12/h1-2,5H,3-4,7H2,(H,15,17). The van der Waals surface area contributed by atoms with Gasteiger partial charge in [-0.3, -0.25) is 14.9 Å². The zero-order chi connectivity index (χ0) is 14.8. The summed E-state index contributed by atoms with van der Waals surface area (Å²) in [4.78, 5) is 22.5. The van der Waals surface area contributed by atoms with E-state index >= 15 is 0 Å². The van der Waals surface area contributed by atoms with E-state index in [2.05, 4.69) is 11.4 Å². The molecular weight excluding hydrogens is 393 g/mol. The van der Waals surface area contributed by atoms with Gasteiger partial charge in [0, 0.05) is 21.5 Å². The lowest BCUT2D eigenvalue weighted by molar-refractivity contribution is -0.384. The maximum Gasteiger partial charge on any atom is 0.270 e. The van der Waals surface area contributed by atoms with Crippen LogP contribution in [0.25, 0.3) is 0 Å². The molecule has 0 bridgehead atoms. The number of nitriles is 1. The van der Waals surface area contributed by atoms with Crippen LogP contribution < -0.4 is 5.32 Å². The number of thioether (sulfide) groups is 1. The summed E-state index contributed by atoms with van der Waals surface area (Å²) in [6, 6.07) is 6.26. The van der Waals surface area contributed by atoms with Gasteiger partial charge in [-0.15, -0.1) is 0 Å². The lowest BCUT2D eigenvalue weighted by Gasteiger charge is -2.21. The minimum atomic E-state index is -0.866. The number of carbonyl (C=O) groups is 1. The second-order valence-corrected chi connectivity index (χ2v) is 6.64. The highest BCUT2D eigenvalue weighted by molar-refractivity contribution is 14.1. The number of hydrogen-bond acceptors (Lipinski definition) is 5. The number of nitro benzene ring substituents is 1. The van der Waals surface area contributed by atoms with Crippen LogP contribution in [0.1, 0.15) is 16.8 Å². The van der Waals surface area contributed by atoms with Crippen molar-refractivity contribution >= 4 is 45.9 Å². The van der Waals surface area contributed by atoms with Crippen LogP contribution in [0.3, 0.4) is 0 Å². The van der Waals surface area contributed by atoms with Crippen LogP contribution in [-0.4, -0.2) is 27.9 Å². The van der Waals surface area contributed by atoms with E-state index in [0.717, 1.165) is 5.75 Å². The maximum atomic E-state index is 12.3. The molecule has 0 saturated carbocycles. The molecule has 1 aliphatic heterocycles. The first-order valence-corrected chi connectivity index (χ1v) is 7.96. The number of nitrogens with one attached hydrogen (secondary N) is 1. The number of halogens is 1. The summed E-state index contributed by atoms with van der Waals surface area (Å²) in [6.45, 7) is 0. The summed E-state index contributed by atoms with van der Waals surface area (Å²) in [5.41, 5.74) is -0.774. The Morgan fingerprint density at radius 3 is 2.90 bits per heavy atom. The Kier molecular flexibility index (Phi) is 4.49. The third-order valence-electron chi connectivity index (χ3n) is 2.99. The molecule has 6 nitrogen and oxygen atoms in total. The molecule has 1 amide bonds. The van der Waals surface area contributed by atoms with Crippen molar-refractivity contribution in [1.29, 1.82) is 5.26 Å². The number of hydrogen-bond donors (Lipinski definition) is 1. The van der Waals surface area contributed by atoms with Crippen molar-refractivity contribution < 1.29 is 9.72 Å². The third-order valence-corrected chi connectivity index (χ3v) is 5.12. The van der Waals surface area contributed by atoms with Gasteiger partial charge < -0.3 is 5.32 Å². The Bertz CT molecular complexity index is 608. The molecule has 0 aromatic heterocycles. The van der Waals surface area contributed by atoms with Gasteiger partial charge in [0.1, 0.15) is 5.54 Å². The Labute approximate surface area is 133 Å². The van der Waals surface area contributed by atoms with Crippen LogP contribution in [0.2, 0.25) is 0 Å². The Hall–Kier alpha value is -1.34. The molecule has 20 heavy (non-hydrogen) atoms. The molecule has 8 heteroatoms. The number of nitrogens with zero attached hydrogens (tertiary/aromatic N) is 2. The molecule has 0 aliphatic carbocycles. The lowest BCUT2D eigenvalue weighted by Crippen LogP contribution is -2.47. The van der Waals surface area contributed by atoms with E-state index in [1.807, 2.05) is 22.6 Å². The van der Waals surface area contributed by atoms with Gasteiger partial charge in [0.15, 0.2) is 0 Å². The second kappa shape index (κ2) is 5.97. The van der Waals surface area contributed by atoms with Crippen LogP contribution in [0.5, 0.6) is 0 Å². The second-order valence-electron chi connectivity index (χ2n) is 4.37. The molecule has 1 atom stereocenters. The molecule has 1 heterocycles. The van der Waals surface area contributed by atoms with Crippen LogP contribution >= 0.6 is 34.4 Å². The fraction of sp³-hybridized carbons (Fsp3) is 0.333. The SMILES string of the molecule is N#CC1(NC(=O)c2cc([N+](=O)[O-])ccc2I)CCSC1. The van der Waals surface area contributed by atoms with Crippen molar-refractivity contribution in [2.24, 2.45) is 0 Å². The Balaban J connectivity index is 2.27. The summed E-state index contributed by atoms with van der Waals surface area (Å²) in [7, 11) is 0. The zero-order valence-electron chi connectivity index (χ0n) is 10.3. The molecule has 0 radical (unpaired) electrons. The number of carbonyl (C=O) groups excluding carboxylic acids is 1. The molecule has 1 unspecified atom stereocenters. The van der Waals surface area contributed by atoms with Crippen LogP contribution in [0.4, 0.5) is 5.69 Å². The Morgan fingerprint density at radius 2 is 2.35 bits per heavy atom. The van der Waals surface area contributed by atoms with Gasteiger partial charge in [0.2, 0.25) is 0 Å². The number of non-ortho nitro benzene ring substituents is 1. The molecule has 1 N–H and O–H groups in total. The lowest BCUT2D eigenvalue weighted by atomic mass is 10.0. The monoisotopic (exact) mass is 403 g/mol. The largest absolute Gasteiger partial charge is 0.333 e. The van der Waals surface area contributed by atoms with E-state index in [9.17, 15) is 20.2 Å². The maximum absolute atomic E-state index is 12.3. The minimum absolute atomic E-state index is 0.137. The quantitative estimate of drug-likeness (QED) is 0.475. The van der Waals surface area contributed by atoms with Gasteiger partial charge in [-0.1, -0.05) is 0 Å². The smallest absolute Gasteiger partial charge is 0.270 e. The van der Waals surface area contributed by atoms with Crippen LogP contribution in [-0.2, 0) is 0 Å². The summed E-state index contributed by atoms with van der Waals surface area (Å²) in [6.07, 6.45) is 0.589. The van der Waals surface area contributed by atoms with E-state index < -0.39 is 16.4 Å². The van der Waals surface area contributed by atoms with E-state index in [1.54, 1.807) is 11.8 Å². The molecule has 2 rings (SSSR count). The average molecular weight is 403 g/mol. The van der Waals surface area contributed by atoms with E-state index in [-0.39, 0.29) is 11.3 Å². The summed E-state index contributed by atoms with van der Waals surface area (Å²) < 4.78 is 0.615. The number of rotatable bonds is 3. The summed E-state index contributed by atoms with van der Waals surface area (Å²) in [5.74, 6) is 0.919. The summed E-state index contributed by atoms with van der Waals surface area (Å²) >= 11 is 3.56. The van der Waals surface area contributed by atoms with Crippen molar-refractivity contribution in [3.8, 4) is 6.07 Å². The minimum Gasteiger partial charge on any atom is -0.333 e. The average Bonchev–Trinajstić information content (AvgIpc) is 2.88. The molecule has 1 fully saturated rings. The first-order chi connectivity index (χ1) is 9.47. The molecule has 104 valence electrons. The van der Waals surface area contributed by atoms with Gasteiger partial charge >= 0.3 is 0 Å². The van der Waals surface area contributed by atoms with Crippen molar-refractivity contribution in [3.05, 3.63) is 37.4 Å². The predicted molar refractivity (Wildman–Crippen MR) is 83.6 cm³/mol. The normalized spacial score (nSPS) is 21.2. The number of benzene rings is 1. The highest BCUT2D eigenvalue weighted by Gasteiger charge is 2.36. The van der Waals surface area contributed by atoms with Gasteiger partial charge in [-0.05, 0) is 40.8 Å². The predicted octanol–water partition coefficient (Wildman–Crippen LogP) is 2.33. The van der Waals surface area contributed by atoms with E-state index in [0.29, 0.717) is 15.7 Å². The van der Waals surface area contributed by atoms with Crippen molar-refractivity contribution in [1.82, 2.24) is 5.32 Å². The highest BCUT2D eigenvalue weighted by atomic mass is 127. The highest BCUT2D eigenvalue weighted by Crippen LogP contribution is 2.28. The van der Waals surface area contributed by atoms with Crippen molar-refractivity contribution in [2.45, 2.75) is 12.0 Å². The summed E-state index contributed by atoms with van der Waals surface area (Å²) in [5, 5.41) is 22.7.